The van der Waals surface area contributed by atoms with Crippen LogP contribution in [-0.2, 0) is 20.5 Å². The molecule has 0 spiro atoms. The van der Waals surface area contributed by atoms with Gasteiger partial charge < -0.3 is 19.0 Å². The number of benzene rings is 3. The molecule has 0 saturated carbocycles. The summed E-state index contributed by atoms with van der Waals surface area (Å²) in [5.74, 6) is 0. The van der Waals surface area contributed by atoms with Crippen LogP contribution in [0.25, 0.3) is 0 Å². The van der Waals surface area contributed by atoms with Crippen molar-refractivity contribution in [3.8, 4) is 0 Å². The minimum atomic E-state index is -2.62. The Bertz CT molecular complexity index is 965. The Labute approximate surface area is 204 Å². The molecule has 3 atom stereocenters. The normalized spacial score (nSPS) is 21.4. The molecule has 5 heteroatoms. The molecule has 1 heterocycles. The Morgan fingerprint density at radius 3 is 1.85 bits per heavy atom. The summed E-state index contributed by atoms with van der Waals surface area (Å²) in [7, 11) is -2.62. The monoisotopic (exact) mass is 476 g/mol. The van der Waals surface area contributed by atoms with Crippen molar-refractivity contribution < 1.29 is 19.0 Å². The fraction of sp³-hybridized carbons (Fsp3) is 0.379. The molecule has 1 saturated heterocycles. The molecule has 1 aliphatic rings. The van der Waals surface area contributed by atoms with E-state index in [1.807, 2.05) is 42.5 Å². The molecule has 4 rings (SSSR count). The van der Waals surface area contributed by atoms with Crippen molar-refractivity contribution in [3.05, 3.63) is 96.6 Å². The summed E-state index contributed by atoms with van der Waals surface area (Å²) >= 11 is 0. The van der Waals surface area contributed by atoms with Gasteiger partial charge in [-0.25, -0.2) is 0 Å². The van der Waals surface area contributed by atoms with Crippen molar-refractivity contribution in [1.29, 1.82) is 0 Å². The van der Waals surface area contributed by atoms with E-state index in [2.05, 4.69) is 69.3 Å². The number of rotatable bonds is 8. The maximum atomic E-state index is 10.6. The summed E-state index contributed by atoms with van der Waals surface area (Å²) in [5, 5.41) is 13.0. The van der Waals surface area contributed by atoms with Gasteiger partial charge >= 0.3 is 0 Å². The molecule has 1 N–H and O–H groups in total. The molecule has 0 bridgehead atoms. The third-order valence-electron chi connectivity index (χ3n) is 6.63. The SMILES string of the molecule is CC(C)(C)[Si](OC[C@@H]1CC[C@@H](OCc2ccccc2)C(O)O1)(c1ccccc1)c1ccccc1. The first-order chi connectivity index (χ1) is 16.4. The Kier molecular flexibility index (Phi) is 8.01. The van der Waals surface area contributed by atoms with Crippen LogP contribution in [0.2, 0.25) is 5.04 Å². The van der Waals surface area contributed by atoms with Crippen LogP contribution in [-0.4, -0.2) is 38.5 Å². The smallest absolute Gasteiger partial charge is 0.261 e. The highest BCUT2D eigenvalue weighted by atomic mass is 28.4. The van der Waals surface area contributed by atoms with Crippen molar-refractivity contribution in [3.63, 3.8) is 0 Å². The third kappa shape index (κ3) is 5.51. The Balaban J connectivity index is 1.47. The lowest BCUT2D eigenvalue weighted by Gasteiger charge is -2.44. The topological polar surface area (TPSA) is 47.9 Å². The molecule has 0 radical (unpaired) electrons. The van der Waals surface area contributed by atoms with Gasteiger partial charge in [0.25, 0.3) is 8.32 Å². The molecule has 0 aromatic heterocycles. The second-order valence-corrected chi connectivity index (χ2v) is 14.3. The van der Waals surface area contributed by atoms with Crippen LogP contribution in [0, 0.1) is 0 Å². The van der Waals surface area contributed by atoms with Gasteiger partial charge in [0.15, 0.2) is 6.29 Å². The van der Waals surface area contributed by atoms with E-state index in [0.29, 0.717) is 13.2 Å². The van der Waals surface area contributed by atoms with Crippen LogP contribution in [0.3, 0.4) is 0 Å². The molecule has 4 nitrogen and oxygen atoms in total. The van der Waals surface area contributed by atoms with Crippen LogP contribution in [0.15, 0.2) is 91.0 Å². The van der Waals surface area contributed by atoms with E-state index in [1.165, 1.54) is 10.4 Å². The summed E-state index contributed by atoms with van der Waals surface area (Å²) in [6.07, 6.45) is 0.0695. The Morgan fingerprint density at radius 1 is 0.824 bits per heavy atom. The highest BCUT2D eigenvalue weighted by Gasteiger charge is 2.50. The minimum Gasteiger partial charge on any atom is -0.405 e. The van der Waals surface area contributed by atoms with Crippen molar-refractivity contribution in [2.45, 2.75) is 63.8 Å². The van der Waals surface area contributed by atoms with Gasteiger partial charge in [-0.1, -0.05) is 112 Å². The summed E-state index contributed by atoms with van der Waals surface area (Å²) < 4.78 is 18.9. The molecule has 1 unspecified atom stereocenters. The Hall–Kier alpha value is -2.28. The molecule has 1 aliphatic heterocycles. The van der Waals surface area contributed by atoms with Gasteiger partial charge in [0.2, 0.25) is 0 Å². The number of aliphatic hydroxyl groups is 1. The first kappa shape index (κ1) is 24.8. The fourth-order valence-electron chi connectivity index (χ4n) is 4.89. The molecule has 34 heavy (non-hydrogen) atoms. The number of aliphatic hydroxyl groups excluding tert-OH is 1. The molecule has 0 amide bonds. The van der Waals surface area contributed by atoms with Crippen molar-refractivity contribution in [2.75, 3.05) is 6.61 Å². The average Bonchev–Trinajstić information content (AvgIpc) is 2.85. The lowest BCUT2D eigenvalue weighted by atomic mass is 10.1. The molecule has 1 fully saturated rings. The lowest BCUT2D eigenvalue weighted by Crippen LogP contribution is -2.67. The highest BCUT2D eigenvalue weighted by Crippen LogP contribution is 2.37. The standard InChI is InChI=1S/C29H36O4Si/c1-29(2,3)34(25-15-9-5-10-16-25,26-17-11-6-12-18-26)32-22-24-19-20-27(28(30)33-24)31-21-23-13-7-4-8-14-23/h4-18,24,27-28,30H,19-22H2,1-3H3/t24-,27+,28?/m0/s1. The summed E-state index contributed by atoms with van der Waals surface area (Å²) in [6.45, 7) is 7.71. The molecule has 3 aromatic rings. The van der Waals surface area contributed by atoms with Crippen molar-refractivity contribution in [1.82, 2.24) is 0 Å². The quantitative estimate of drug-likeness (QED) is 0.481. The summed E-state index contributed by atoms with van der Waals surface area (Å²) in [4.78, 5) is 0. The van der Waals surface area contributed by atoms with Gasteiger partial charge in [-0.05, 0) is 33.8 Å². The van der Waals surface area contributed by atoms with E-state index in [1.54, 1.807) is 0 Å². The van der Waals surface area contributed by atoms with Crippen LogP contribution >= 0.6 is 0 Å². The maximum absolute atomic E-state index is 10.6. The first-order valence-corrected chi connectivity index (χ1v) is 14.0. The molecule has 3 aromatic carbocycles. The van der Waals surface area contributed by atoms with Crippen molar-refractivity contribution >= 4 is 18.7 Å². The predicted molar refractivity (Wildman–Crippen MR) is 139 cm³/mol. The molecule has 180 valence electrons. The first-order valence-electron chi connectivity index (χ1n) is 12.1. The minimum absolute atomic E-state index is 0.0929. The largest absolute Gasteiger partial charge is 0.405 e. The Morgan fingerprint density at radius 2 is 1.35 bits per heavy atom. The summed E-state index contributed by atoms with van der Waals surface area (Å²) in [5.41, 5.74) is 1.09. The van der Waals surface area contributed by atoms with Gasteiger partial charge in [-0.3, -0.25) is 0 Å². The zero-order valence-electron chi connectivity index (χ0n) is 20.4. The van der Waals surface area contributed by atoms with E-state index in [9.17, 15) is 5.11 Å². The number of hydrogen-bond donors (Lipinski definition) is 1. The van der Waals surface area contributed by atoms with E-state index >= 15 is 0 Å². The molecule has 0 aliphatic carbocycles. The van der Waals surface area contributed by atoms with E-state index in [-0.39, 0.29) is 17.2 Å². The second-order valence-electron chi connectivity index (χ2n) is 10.0. The van der Waals surface area contributed by atoms with E-state index in [0.717, 1.165) is 18.4 Å². The number of hydrogen-bond acceptors (Lipinski definition) is 4. The average molecular weight is 477 g/mol. The highest BCUT2D eigenvalue weighted by molar-refractivity contribution is 6.99. The van der Waals surface area contributed by atoms with E-state index in [4.69, 9.17) is 13.9 Å². The van der Waals surface area contributed by atoms with Gasteiger partial charge in [0.05, 0.1) is 19.3 Å². The molecular formula is C29H36O4Si. The van der Waals surface area contributed by atoms with E-state index < -0.39 is 14.6 Å². The van der Waals surface area contributed by atoms with Gasteiger partial charge in [-0.15, -0.1) is 0 Å². The molecular weight excluding hydrogens is 440 g/mol. The number of ether oxygens (including phenoxy) is 2. The van der Waals surface area contributed by atoms with Crippen LogP contribution in [0.1, 0.15) is 39.2 Å². The van der Waals surface area contributed by atoms with Crippen LogP contribution in [0.5, 0.6) is 0 Å². The lowest BCUT2D eigenvalue weighted by molar-refractivity contribution is -0.235. The maximum Gasteiger partial charge on any atom is 0.261 e. The summed E-state index contributed by atoms with van der Waals surface area (Å²) in [6, 6.07) is 31.2. The van der Waals surface area contributed by atoms with Crippen LogP contribution in [0.4, 0.5) is 0 Å². The van der Waals surface area contributed by atoms with Gasteiger partial charge in [0, 0.05) is 0 Å². The fourth-order valence-corrected chi connectivity index (χ4v) is 9.48. The second kappa shape index (κ2) is 11.0. The van der Waals surface area contributed by atoms with Crippen LogP contribution < -0.4 is 10.4 Å². The third-order valence-corrected chi connectivity index (χ3v) is 11.6. The zero-order chi connectivity index (χ0) is 24.0. The predicted octanol–water partition coefficient (Wildman–Crippen LogP) is 4.65. The van der Waals surface area contributed by atoms with Gasteiger partial charge in [0.1, 0.15) is 6.10 Å². The van der Waals surface area contributed by atoms with Gasteiger partial charge in [-0.2, -0.15) is 0 Å². The zero-order valence-corrected chi connectivity index (χ0v) is 21.4. The van der Waals surface area contributed by atoms with Crippen molar-refractivity contribution in [2.24, 2.45) is 0 Å².